The van der Waals surface area contributed by atoms with Crippen LogP contribution >= 0.6 is 15.9 Å². The lowest BCUT2D eigenvalue weighted by atomic mass is 10.0. The Hall–Kier alpha value is -3.96. The SMILES string of the molecule is Cc1cccc(-n2nc(C(=O)Nc3ccc(Br)cc3)cc2-c2ccc(-c3ccccc3)cc2)c1. The molecule has 34 heavy (non-hydrogen) atoms. The average molecular weight is 508 g/mol. The number of nitrogens with zero attached hydrogens (tertiary/aromatic N) is 2. The molecule has 0 aliphatic heterocycles. The van der Waals surface area contributed by atoms with E-state index in [4.69, 9.17) is 0 Å². The molecule has 1 amide bonds. The molecule has 0 atom stereocenters. The number of rotatable bonds is 5. The minimum absolute atomic E-state index is 0.254. The number of halogens is 1. The molecule has 1 heterocycles. The molecule has 1 aromatic heterocycles. The summed E-state index contributed by atoms with van der Waals surface area (Å²) in [4.78, 5) is 13.0. The highest BCUT2D eigenvalue weighted by Crippen LogP contribution is 2.28. The van der Waals surface area contributed by atoms with Crippen LogP contribution in [0.15, 0.2) is 114 Å². The molecule has 0 radical (unpaired) electrons. The van der Waals surface area contributed by atoms with E-state index in [0.29, 0.717) is 11.4 Å². The number of benzene rings is 4. The summed E-state index contributed by atoms with van der Waals surface area (Å²) in [6.07, 6.45) is 0. The predicted molar refractivity (Wildman–Crippen MR) is 141 cm³/mol. The van der Waals surface area contributed by atoms with E-state index in [0.717, 1.165) is 38.1 Å². The van der Waals surface area contributed by atoms with Crippen molar-refractivity contribution < 1.29 is 4.79 Å². The lowest BCUT2D eigenvalue weighted by Gasteiger charge is -2.09. The van der Waals surface area contributed by atoms with Crippen molar-refractivity contribution in [3.63, 3.8) is 0 Å². The second kappa shape index (κ2) is 9.49. The Bertz CT molecular complexity index is 1440. The summed E-state index contributed by atoms with van der Waals surface area (Å²) >= 11 is 3.42. The highest BCUT2D eigenvalue weighted by Gasteiger charge is 2.17. The largest absolute Gasteiger partial charge is 0.321 e. The maximum Gasteiger partial charge on any atom is 0.276 e. The van der Waals surface area contributed by atoms with E-state index in [2.05, 4.69) is 68.8 Å². The smallest absolute Gasteiger partial charge is 0.276 e. The number of aryl methyl sites for hydroxylation is 1. The van der Waals surface area contributed by atoms with E-state index in [1.165, 1.54) is 0 Å². The zero-order chi connectivity index (χ0) is 23.5. The third-order valence-electron chi connectivity index (χ3n) is 5.58. The standard InChI is InChI=1S/C29H22BrN3O/c1-20-6-5-9-26(18-20)33-28(23-12-10-22(11-13-23)21-7-3-2-4-8-21)19-27(32-33)29(34)31-25-16-14-24(30)15-17-25/h2-19H,1H3,(H,31,34). The van der Waals surface area contributed by atoms with Gasteiger partial charge in [0, 0.05) is 15.7 Å². The van der Waals surface area contributed by atoms with Crippen LogP contribution in [0.3, 0.4) is 0 Å². The van der Waals surface area contributed by atoms with Crippen LogP contribution < -0.4 is 5.32 Å². The zero-order valence-corrected chi connectivity index (χ0v) is 20.2. The molecule has 0 fully saturated rings. The fraction of sp³-hybridized carbons (Fsp3) is 0.0345. The van der Waals surface area contributed by atoms with Gasteiger partial charge in [0.15, 0.2) is 5.69 Å². The summed E-state index contributed by atoms with van der Waals surface area (Å²) in [5.41, 5.74) is 7.24. The summed E-state index contributed by atoms with van der Waals surface area (Å²) in [5, 5.41) is 7.62. The van der Waals surface area contributed by atoms with Crippen LogP contribution in [0.5, 0.6) is 0 Å². The minimum Gasteiger partial charge on any atom is -0.321 e. The van der Waals surface area contributed by atoms with Gasteiger partial charge in [-0.2, -0.15) is 5.10 Å². The van der Waals surface area contributed by atoms with Crippen molar-refractivity contribution in [3.8, 4) is 28.1 Å². The molecule has 0 aliphatic carbocycles. The fourth-order valence-corrected chi connectivity index (χ4v) is 4.11. The summed E-state index contributed by atoms with van der Waals surface area (Å²) < 4.78 is 2.79. The van der Waals surface area contributed by atoms with Crippen molar-refractivity contribution in [1.82, 2.24) is 9.78 Å². The third-order valence-corrected chi connectivity index (χ3v) is 6.11. The quantitative estimate of drug-likeness (QED) is 0.267. The third kappa shape index (κ3) is 4.70. The first-order valence-corrected chi connectivity index (χ1v) is 11.8. The number of nitrogens with one attached hydrogen (secondary N) is 1. The van der Waals surface area contributed by atoms with Crippen LogP contribution in [0.1, 0.15) is 16.1 Å². The molecule has 5 aromatic rings. The number of carbonyl (C=O) groups is 1. The molecule has 1 N–H and O–H groups in total. The molecular weight excluding hydrogens is 486 g/mol. The molecule has 0 aliphatic rings. The molecule has 5 heteroatoms. The van der Waals surface area contributed by atoms with Crippen molar-refractivity contribution in [3.05, 3.63) is 125 Å². The van der Waals surface area contributed by atoms with Crippen molar-refractivity contribution in [2.75, 3.05) is 5.32 Å². The normalized spacial score (nSPS) is 10.8. The molecule has 0 bridgehead atoms. The molecule has 0 unspecified atom stereocenters. The second-order valence-electron chi connectivity index (χ2n) is 8.07. The van der Waals surface area contributed by atoms with Gasteiger partial charge in [-0.15, -0.1) is 0 Å². The minimum atomic E-state index is -0.254. The van der Waals surface area contributed by atoms with Crippen LogP contribution in [0.4, 0.5) is 5.69 Å². The van der Waals surface area contributed by atoms with Crippen LogP contribution in [0.25, 0.3) is 28.1 Å². The first-order chi connectivity index (χ1) is 16.6. The molecule has 4 aromatic carbocycles. The van der Waals surface area contributed by atoms with Gasteiger partial charge >= 0.3 is 0 Å². The Morgan fingerprint density at radius 3 is 2.15 bits per heavy atom. The van der Waals surface area contributed by atoms with Crippen LogP contribution in [-0.4, -0.2) is 15.7 Å². The van der Waals surface area contributed by atoms with Gasteiger partial charge < -0.3 is 5.32 Å². The van der Waals surface area contributed by atoms with Gasteiger partial charge in [-0.3, -0.25) is 4.79 Å². The van der Waals surface area contributed by atoms with Gasteiger partial charge in [-0.25, -0.2) is 4.68 Å². The second-order valence-corrected chi connectivity index (χ2v) is 8.99. The van der Waals surface area contributed by atoms with E-state index in [-0.39, 0.29) is 5.91 Å². The van der Waals surface area contributed by atoms with E-state index in [1.54, 1.807) is 0 Å². The molecular formula is C29H22BrN3O. The fourth-order valence-electron chi connectivity index (χ4n) is 3.85. The van der Waals surface area contributed by atoms with E-state index < -0.39 is 0 Å². The van der Waals surface area contributed by atoms with Crippen LogP contribution in [-0.2, 0) is 0 Å². The van der Waals surface area contributed by atoms with Crippen molar-refractivity contribution in [1.29, 1.82) is 0 Å². The van der Waals surface area contributed by atoms with Gasteiger partial charge in [-0.1, -0.05) is 82.7 Å². The maximum absolute atomic E-state index is 13.0. The summed E-state index contributed by atoms with van der Waals surface area (Å²) in [6.45, 7) is 2.04. The first kappa shape index (κ1) is 21.9. The molecule has 0 saturated carbocycles. The number of hydrogen-bond acceptors (Lipinski definition) is 2. The van der Waals surface area contributed by atoms with E-state index in [9.17, 15) is 4.79 Å². The number of hydrogen-bond donors (Lipinski definition) is 1. The molecule has 166 valence electrons. The van der Waals surface area contributed by atoms with Gasteiger partial charge in [0.2, 0.25) is 0 Å². The molecule has 5 rings (SSSR count). The van der Waals surface area contributed by atoms with Crippen LogP contribution in [0, 0.1) is 6.92 Å². The average Bonchev–Trinajstić information content (AvgIpc) is 3.32. The lowest BCUT2D eigenvalue weighted by Crippen LogP contribution is -2.13. The van der Waals surface area contributed by atoms with Crippen molar-refractivity contribution in [2.24, 2.45) is 0 Å². The van der Waals surface area contributed by atoms with Gasteiger partial charge in [-0.05, 0) is 66.1 Å². The van der Waals surface area contributed by atoms with E-state index in [1.807, 2.05) is 78.3 Å². The highest BCUT2D eigenvalue weighted by molar-refractivity contribution is 9.10. The Kier molecular flexibility index (Phi) is 6.11. The zero-order valence-electron chi connectivity index (χ0n) is 18.6. The summed E-state index contributed by atoms with van der Waals surface area (Å²) in [7, 11) is 0. The Balaban J connectivity index is 1.53. The maximum atomic E-state index is 13.0. The van der Waals surface area contributed by atoms with Crippen LogP contribution in [0.2, 0.25) is 0 Å². The molecule has 0 saturated heterocycles. The summed E-state index contributed by atoms with van der Waals surface area (Å²) in [6, 6.07) is 36.0. The number of aromatic nitrogens is 2. The lowest BCUT2D eigenvalue weighted by molar-refractivity contribution is 0.102. The highest BCUT2D eigenvalue weighted by atomic mass is 79.9. The first-order valence-electron chi connectivity index (χ1n) is 11.0. The Labute approximate surface area is 207 Å². The van der Waals surface area contributed by atoms with Gasteiger partial charge in [0.1, 0.15) is 0 Å². The molecule has 0 spiro atoms. The Morgan fingerprint density at radius 1 is 0.765 bits per heavy atom. The van der Waals surface area contributed by atoms with E-state index >= 15 is 0 Å². The monoisotopic (exact) mass is 507 g/mol. The van der Waals surface area contributed by atoms with Crippen molar-refractivity contribution >= 4 is 27.5 Å². The predicted octanol–water partition coefficient (Wildman–Crippen LogP) is 7.53. The van der Waals surface area contributed by atoms with Gasteiger partial charge in [0.25, 0.3) is 5.91 Å². The summed E-state index contributed by atoms with van der Waals surface area (Å²) in [5.74, 6) is -0.254. The topological polar surface area (TPSA) is 46.9 Å². The van der Waals surface area contributed by atoms with Crippen molar-refractivity contribution in [2.45, 2.75) is 6.92 Å². The van der Waals surface area contributed by atoms with Gasteiger partial charge in [0.05, 0.1) is 11.4 Å². The number of amides is 1. The number of carbonyl (C=O) groups excluding carboxylic acids is 1. The Morgan fingerprint density at radius 2 is 1.44 bits per heavy atom. The molecule has 4 nitrogen and oxygen atoms in total. The number of anilines is 1.